The normalized spacial score (nSPS) is 21.3. The number of hydrogen-bond acceptors (Lipinski definition) is 2. The number of furan rings is 2. The van der Waals surface area contributed by atoms with Gasteiger partial charge in [-0.05, 0) is 23.3 Å². The van der Waals surface area contributed by atoms with Crippen LogP contribution in [0.25, 0.3) is 0 Å². The van der Waals surface area contributed by atoms with Crippen LogP contribution in [0.1, 0.15) is 51.9 Å². The standard InChI is InChI=1S/C24H19ClNO2/c25-13-16-4-3-5-19-21-12-24(17-7-10-27-14-17,18-8-11-28-15-18)23(22(16)19)20-6-1-2-9-26(20)21/h1-11,14-15,21,23H,12-13H2/q+1/t21-,23-/m1/s1. The van der Waals surface area contributed by atoms with E-state index in [0.717, 1.165) is 6.42 Å². The highest BCUT2D eigenvalue weighted by Crippen LogP contribution is 2.60. The molecule has 0 spiro atoms. The van der Waals surface area contributed by atoms with Gasteiger partial charge in [0, 0.05) is 41.1 Å². The Morgan fingerprint density at radius 1 is 0.964 bits per heavy atom. The highest BCUT2D eigenvalue weighted by atomic mass is 35.5. The molecule has 0 unspecified atom stereocenters. The van der Waals surface area contributed by atoms with Crippen molar-refractivity contribution in [2.45, 2.75) is 29.7 Å². The van der Waals surface area contributed by atoms with Crippen LogP contribution in [-0.4, -0.2) is 0 Å². The summed E-state index contributed by atoms with van der Waals surface area (Å²) in [4.78, 5) is 0. The van der Waals surface area contributed by atoms with E-state index >= 15 is 0 Å². The minimum Gasteiger partial charge on any atom is -0.472 e. The van der Waals surface area contributed by atoms with Crippen molar-refractivity contribution >= 4 is 11.6 Å². The van der Waals surface area contributed by atoms with Crippen LogP contribution in [-0.2, 0) is 11.3 Å². The van der Waals surface area contributed by atoms with Crippen molar-refractivity contribution in [3.8, 4) is 0 Å². The van der Waals surface area contributed by atoms with Crippen LogP contribution in [0, 0.1) is 0 Å². The molecule has 0 fully saturated rings. The third kappa shape index (κ3) is 1.92. The van der Waals surface area contributed by atoms with Crippen molar-refractivity contribution < 1.29 is 13.4 Å². The maximum atomic E-state index is 6.43. The highest BCUT2D eigenvalue weighted by Gasteiger charge is 2.60. The van der Waals surface area contributed by atoms with Crippen LogP contribution in [0.4, 0.5) is 0 Å². The predicted octanol–water partition coefficient (Wildman–Crippen LogP) is 5.32. The van der Waals surface area contributed by atoms with E-state index in [-0.39, 0.29) is 17.4 Å². The summed E-state index contributed by atoms with van der Waals surface area (Å²) in [6.07, 6.45) is 10.5. The Labute approximate surface area is 168 Å². The van der Waals surface area contributed by atoms with E-state index in [4.69, 9.17) is 20.4 Å². The highest BCUT2D eigenvalue weighted by molar-refractivity contribution is 6.17. The lowest BCUT2D eigenvalue weighted by atomic mass is 9.53. The molecule has 3 aliphatic rings. The van der Waals surface area contributed by atoms with Gasteiger partial charge in [-0.3, -0.25) is 0 Å². The third-order valence-corrected chi connectivity index (χ3v) is 6.94. The van der Waals surface area contributed by atoms with Gasteiger partial charge in [0.15, 0.2) is 17.9 Å². The number of aromatic nitrogens is 1. The fourth-order valence-electron chi connectivity index (χ4n) is 5.59. The van der Waals surface area contributed by atoms with E-state index < -0.39 is 0 Å². The SMILES string of the molecule is ClCc1cccc2c1[C@H]1c3cccc[n+]3[C@@H]2CC1(c1ccoc1)c1ccoc1. The second kappa shape index (κ2) is 5.86. The Balaban J connectivity index is 1.74. The smallest absolute Gasteiger partial charge is 0.190 e. The minimum absolute atomic E-state index is 0.138. The van der Waals surface area contributed by atoms with Crippen LogP contribution < -0.4 is 4.57 Å². The maximum absolute atomic E-state index is 6.43. The van der Waals surface area contributed by atoms with Crippen LogP contribution in [0.3, 0.4) is 0 Å². The molecule has 4 aromatic rings. The summed E-state index contributed by atoms with van der Waals surface area (Å²) in [6, 6.07) is 17.5. The first-order valence-corrected chi connectivity index (χ1v) is 10.1. The Hall–Kier alpha value is -2.78. The van der Waals surface area contributed by atoms with Gasteiger partial charge >= 0.3 is 0 Å². The minimum atomic E-state index is -0.249. The number of nitrogens with zero attached hydrogens (tertiary/aromatic N) is 1. The number of hydrogen-bond donors (Lipinski definition) is 0. The molecule has 3 aromatic heterocycles. The predicted molar refractivity (Wildman–Crippen MR) is 105 cm³/mol. The van der Waals surface area contributed by atoms with Crippen LogP contribution in [0.2, 0.25) is 0 Å². The number of alkyl halides is 1. The molecule has 138 valence electrons. The molecular weight excluding hydrogens is 370 g/mol. The second-order valence-electron chi connectivity index (χ2n) is 7.73. The zero-order valence-corrected chi connectivity index (χ0v) is 16.0. The van der Waals surface area contributed by atoms with Crippen LogP contribution in [0.5, 0.6) is 0 Å². The van der Waals surface area contributed by atoms with Crippen molar-refractivity contribution in [1.82, 2.24) is 0 Å². The average molecular weight is 389 g/mol. The molecule has 28 heavy (non-hydrogen) atoms. The lowest BCUT2D eigenvalue weighted by Gasteiger charge is -2.49. The first-order chi connectivity index (χ1) is 13.8. The van der Waals surface area contributed by atoms with Gasteiger partial charge in [0.25, 0.3) is 0 Å². The average Bonchev–Trinajstić information content (AvgIpc) is 3.48. The topological polar surface area (TPSA) is 30.2 Å². The van der Waals surface area contributed by atoms with Crippen molar-refractivity contribution in [2.24, 2.45) is 0 Å². The van der Waals surface area contributed by atoms with Gasteiger partial charge in [0.2, 0.25) is 0 Å². The van der Waals surface area contributed by atoms with E-state index in [1.807, 2.05) is 12.5 Å². The summed E-state index contributed by atoms with van der Waals surface area (Å²) in [5, 5.41) is 0. The molecule has 0 saturated carbocycles. The first-order valence-electron chi connectivity index (χ1n) is 9.57. The van der Waals surface area contributed by atoms with Gasteiger partial charge < -0.3 is 8.83 Å². The van der Waals surface area contributed by atoms with Crippen LogP contribution in [0.15, 0.2) is 88.6 Å². The molecule has 2 bridgehead atoms. The number of benzene rings is 1. The fourth-order valence-corrected chi connectivity index (χ4v) is 5.82. The molecule has 0 amide bonds. The molecule has 7 rings (SSSR count). The summed E-state index contributed by atoms with van der Waals surface area (Å²) in [7, 11) is 0. The molecular formula is C24H19ClNO2+. The first kappa shape index (κ1) is 16.2. The Morgan fingerprint density at radius 2 is 1.75 bits per heavy atom. The second-order valence-corrected chi connectivity index (χ2v) is 8.00. The van der Waals surface area contributed by atoms with E-state index in [9.17, 15) is 0 Å². The summed E-state index contributed by atoms with van der Waals surface area (Å²) in [5.74, 6) is 0.644. The van der Waals surface area contributed by atoms with Crippen molar-refractivity contribution in [1.29, 1.82) is 0 Å². The molecule has 0 saturated heterocycles. The van der Waals surface area contributed by atoms with Gasteiger partial charge in [-0.1, -0.05) is 24.3 Å². The quantitative estimate of drug-likeness (QED) is 0.351. The number of halogens is 1. The molecule has 0 N–H and O–H groups in total. The third-order valence-electron chi connectivity index (χ3n) is 6.66. The number of fused-ring (bicyclic) bond motifs is 1. The lowest BCUT2D eigenvalue weighted by molar-refractivity contribution is -0.732. The van der Waals surface area contributed by atoms with Crippen molar-refractivity contribution in [2.75, 3.05) is 0 Å². The molecule has 1 aromatic carbocycles. The van der Waals surface area contributed by atoms with Crippen molar-refractivity contribution in [3.63, 3.8) is 0 Å². The van der Waals surface area contributed by atoms with E-state index in [1.54, 1.807) is 12.5 Å². The number of rotatable bonds is 3. The fraction of sp³-hybridized carbons (Fsp3) is 0.208. The Kier molecular flexibility index (Phi) is 3.39. The Bertz CT molecular complexity index is 1110. The zero-order chi connectivity index (χ0) is 18.7. The van der Waals surface area contributed by atoms with Crippen molar-refractivity contribution in [3.05, 3.63) is 113 Å². The molecule has 1 aliphatic carbocycles. The summed E-state index contributed by atoms with van der Waals surface area (Å²) in [6.45, 7) is 0. The van der Waals surface area contributed by atoms with E-state index in [0.29, 0.717) is 5.88 Å². The van der Waals surface area contributed by atoms with E-state index in [1.165, 1.54) is 33.5 Å². The van der Waals surface area contributed by atoms with Gasteiger partial charge in [0.05, 0.1) is 36.4 Å². The van der Waals surface area contributed by atoms with Gasteiger partial charge in [-0.15, -0.1) is 11.6 Å². The van der Waals surface area contributed by atoms with E-state index in [2.05, 4.69) is 59.3 Å². The summed E-state index contributed by atoms with van der Waals surface area (Å²) in [5.41, 5.74) is 7.40. The van der Waals surface area contributed by atoms with Gasteiger partial charge in [-0.2, -0.15) is 4.57 Å². The zero-order valence-electron chi connectivity index (χ0n) is 15.2. The largest absolute Gasteiger partial charge is 0.472 e. The van der Waals surface area contributed by atoms with Crippen LogP contribution >= 0.6 is 11.6 Å². The number of pyridine rings is 1. The lowest BCUT2D eigenvalue weighted by Crippen LogP contribution is -2.60. The van der Waals surface area contributed by atoms with Gasteiger partial charge in [0.1, 0.15) is 0 Å². The monoisotopic (exact) mass is 388 g/mol. The van der Waals surface area contributed by atoms with Gasteiger partial charge in [-0.25, -0.2) is 0 Å². The Morgan fingerprint density at radius 3 is 2.43 bits per heavy atom. The summed E-state index contributed by atoms with van der Waals surface area (Å²) < 4.78 is 13.6. The molecule has 2 atom stereocenters. The molecule has 5 heterocycles. The molecule has 2 aliphatic heterocycles. The maximum Gasteiger partial charge on any atom is 0.190 e. The molecule has 0 radical (unpaired) electrons. The molecule has 4 heteroatoms. The molecule has 3 nitrogen and oxygen atoms in total. The summed E-state index contributed by atoms with van der Waals surface area (Å²) >= 11 is 6.43.